The van der Waals surface area contributed by atoms with Crippen molar-refractivity contribution < 1.29 is 17.9 Å². The molecule has 0 unspecified atom stereocenters. The van der Waals surface area contributed by atoms with Crippen LogP contribution in [0.5, 0.6) is 5.75 Å². The Labute approximate surface area is 148 Å². The number of aryl methyl sites for hydroxylation is 1. The summed E-state index contributed by atoms with van der Waals surface area (Å²) in [5.41, 5.74) is 1.51. The molecule has 0 aliphatic carbocycles. The van der Waals surface area contributed by atoms with Crippen molar-refractivity contribution in [2.45, 2.75) is 19.7 Å². The van der Waals surface area contributed by atoms with Crippen LogP contribution in [0.3, 0.4) is 0 Å². The zero-order valence-electron chi connectivity index (χ0n) is 13.8. The third kappa shape index (κ3) is 3.54. The van der Waals surface area contributed by atoms with Crippen LogP contribution in [-0.4, -0.2) is 9.78 Å². The first-order valence-corrected chi connectivity index (χ1v) is 7.74. The molecule has 26 heavy (non-hydrogen) atoms. The molecule has 4 nitrogen and oxygen atoms in total. The highest BCUT2D eigenvalue weighted by atomic mass is 19.4. The first-order valence-electron chi connectivity index (χ1n) is 7.74. The molecule has 3 aromatic rings. The van der Waals surface area contributed by atoms with Crippen LogP contribution in [0.15, 0.2) is 54.6 Å². The van der Waals surface area contributed by atoms with E-state index in [1.807, 2.05) is 30.3 Å². The smallest absolute Gasteiger partial charge is 0.416 e. The van der Waals surface area contributed by atoms with E-state index < -0.39 is 11.7 Å². The third-order valence-corrected chi connectivity index (χ3v) is 3.83. The summed E-state index contributed by atoms with van der Waals surface area (Å²) in [5, 5.41) is 13.8. The number of rotatable bonds is 4. The SMILES string of the molecule is Cc1nn(-c2ccccc2)c(COc2ccc(C(F)(F)F)cc2)c1C#N. The van der Waals surface area contributed by atoms with Gasteiger partial charge in [0, 0.05) is 0 Å². The second kappa shape index (κ2) is 6.92. The predicted octanol–water partition coefficient (Wildman–Crippen LogP) is 4.65. The molecule has 0 aliphatic heterocycles. The molecule has 0 saturated carbocycles. The van der Waals surface area contributed by atoms with E-state index in [4.69, 9.17) is 4.74 Å². The molecule has 0 aliphatic rings. The van der Waals surface area contributed by atoms with Crippen molar-refractivity contribution in [1.29, 1.82) is 5.26 Å². The molecular weight excluding hydrogens is 343 g/mol. The minimum absolute atomic E-state index is 0.00396. The van der Waals surface area contributed by atoms with Gasteiger partial charge in [0.2, 0.25) is 0 Å². The lowest BCUT2D eigenvalue weighted by Gasteiger charge is -2.11. The van der Waals surface area contributed by atoms with Crippen molar-refractivity contribution >= 4 is 0 Å². The van der Waals surface area contributed by atoms with Gasteiger partial charge in [-0.1, -0.05) is 18.2 Å². The van der Waals surface area contributed by atoms with Crippen LogP contribution >= 0.6 is 0 Å². The summed E-state index contributed by atoms with van der Waals surface area (Å²) in [5.74, 6) is 0.278. The molecule has 0 bridgehead atoms. The molecule has 1 aromatic heterocycles. The second-order valence-electron chi connectivity index (χ2n) is 5.58. The fraction of sp³-hybridized carbons (Fsp3) is 0.158. The van der Waals surface area contributed by atoms with E-state index >= 15 is 0 Å². The maximum Gasteiger partial charge on any atom is 0.416 e. The fourth-order valence-corrected chi connectivity index (χ4v) is 2.53. The Kier molecular flexibility index (Phi) is 4.67. The van der Waals surface area contributed by atoms with Crippen molar-refractivity contribution in [3.63, 3.8) is 0 Å². The lowest BCUT2D eigenvalue weighted by atomic mass is 10.2. The number of para-hydroxylation sites is 1. The monoisotopic (exact) mass is 357 g/mol. The van der Waals surface area contributed by atoms with Gasteiger partial charge < -0.3 is 4.74 Å². The number of ether oxygens (including phenoxy) is 1. The van der Waals surface area contributed by atoms with Crippen LogP contribution in [0.4, 0.5) is 13.2 Å². The molecule has 2 aromatic carbocycles. The van der Waals surface area contributed by atoms with Crippen molar-refractivity contribution in [3.8, 4) is 17.5 Å². The van der Waals surface area contributed by atoms with E-state index in [1.54, 1.807) is 11.6 Å². The van der Waals surface area contributed by atoms with E-state index in [9.17, 15) is 18.4 Å². The van der Waals surface area contributed by atoms with E-state index in [0.29, 0.717) is 17.0 Å². The molecule has 0 radical (unpaired) electrons. The normalized spacial score (nSPS) is 11.2. The van der Waals surface area contributed by atoms with Gasteiger partial charge in [0.15, 0.2) is 0 Å². The van der Waals surface area contributed by atoms with Gasteiger partial charge in [0.05, 0.1) is 22.6 Å². The predicted molar refractivity (Wildman–Crippen MR) is 88.8 cm³/mol. The Bertz CT molecular complexity index is 939. The van der Waals surface area contributed by atoms with Crippen molar-refractivity contribution in [2.75, 3.05) is 0 Å². The number of alkyl halides is 3. The highest BCUT2D eigenvalue weighted by Crippen LogP contribution is 2.30. The van der Waals surface area contributed by atoms with Crippen molar-refractivity contribution in [3.05, 3.63) is 77.1 Å². The first-order chi connectivity index (χ1) is 12.4. The summed E-state index contributed by atoms with van der Waals surface area (Å²) in [6.07, 6.45) is -4.39. The minimum atomic E-state index is -4.39. The standard InChI is InChI=1S/C19H14F3N3O/c1-13-17(11-23)18(25(24-13)15-5-3-2-4-6-15)12-26-16-9-7-14(8-10-16)19(20,21)22/h2-10H,12H2,1H3. The van der Waals surface area contributed by atoms with Crippen LogP contribution in [0.25, 0.3) is 5.69 Å². The first kappa shape index (κ1) is 17.5. The molecule has 0 amide bonds. The maximum absolute atomic E-state index is 12.6. The minimum Gasteiger partial charge on any atom is -0.487 e. The van der Waals surface area contributed by atoms with Gasteiger partial charge in [-0.3, -0.25) is 0 Å². The number of aromatic nitrogens is 2. The van der Waals surface area contributed by atoms with Gasteiger partial charge in [0.25, 0.3) is 0 Å². The molecule has 132 valence electrons. The summed E-state index contributed by atoms with van der Waals surface area (Å²) >= 11 is 0. The third-order valence-electron chi connectivity index (χ3n) is 3.83. The summed E-state index contributed by atoms with van der Waals surface area (Å²) in [7, 11) is 0. The summed E-state index contributed by atoms with van der Waals surface area (Å²) < 4.78 is 45.1. The summed E-state index contributed by atoms with van der Waals surface area (Å²) in [6.45, 7) is 1.73. The highest BCUT2D eigenvalue weighted by molar-refractivity contribution is 5.43. The molecule has 1 heterocycles. The van der Waals surface area contributed by atoms with Crippen LogP contribution in [0.1, 0.15) is 22.5 Å². The molecule has 3 rings (SSSR count). The Hall–Kier alpha value is -3.27. The molecular formula is C19H14F3N3O. The number of benzene rings is 2. The molecule has 0 spiro atoms. The number of halogens is 3. The number of hydrogen-bond donors (Lipinski definition) is 0. The Morgan fingerprint density at radius 1 is 1.08 bits per heavy atom. The van der Waals surface area contributed by atoms with Crippen LogP contribution < -0.4 is 4.74 Å². The second-order valence-corrected chi connectivity index (χ2v) is 5.58. The zero-order chi connectivity index (χ0) is 18.7. The van der Waals surface area contributed by atoms with Gasteiger partial charge in [-0.05, 0) is 43.3 Å². The van der Waals surface area contributed by atoms with Gasteiger partial charge in [-0.25, -0.2) is 4.68 Å². The largest absolute Gasteiger partial charge is 0.487 e. The lowest BCUT2D eigenvalue weighted by molar-refractivity contribution is -0.137. The van der Waals surface area contributed by atoms with Gasteiger partial charge in [0.1, 0.15) is 24.0 Å². The average molecular weight is 357 g/mol. The zero-order valence-corrected chi connectivity index (χ0v) is 13.8. The Balaban J connectivity index is 1.87. The van der Waals surface area contributed by atoms with E-state index in [2.05, 4.69) is 11.2 Å². The quantitative estimate of drug-likeness (QED) is 0.683. The fourth-order valence-electron chi connectivity index (χ4n) is 2.53. The van der Waals surface area contributed by atoms with Crippen LogP contribution in [-0.2, 0) is 12.8 Å². The van der Waals surface area contributed by atoms with Gasteiger partial charge in [-0.15, -0.1) is 0 Å². The van der Waals surface area contributed by atoms with Crippen LogP contribution in [0.2, 0.25) is 0 Å². The maximum atomic E-state index is 12.6. The molecule has 0 fully saturated rings. The molecule has 0 N–H and O–H groups in total. The van der Waals surface area contributed by atoms with Crippen molar-refractivity contribution in [1.82, 2.24) is 9.78 Å². The average Bonchev–Trinajstić information content (AvgIpc) is 2.95. The van der Waals surface area contributed by atoms with E-state index in [0.717, 1.165) is 17.8 Å². The molecule has 0 saturated heterocycles. The van der Waals surface area contributed by atoms with Crippen molar-refractivity contribution in [2.24, 2.45) is 0 Å². The highest BCUT2D eigenvalue weighted by Gasteiger charge is 2.30. The summed E-state index contributed by atoms with van der Waals surface area (Å²) in [6, 6.07) is 15.8. The Morgan fingerprint density at radius 2 is 1.73 bits per heavy atom. The Morgan fingerprint density at radius 3 is 2.31 bits per heavy atom. The number of nitriles is 1. The van der Waals surface area contributed by atoms with E-state index in [1.165, 1.54) is 12.1 Å². The van der Waals surface area contributed by atoms with E-state index in [-0.39, 0.29) is 12.4 Å². The summed E-state index contributed by atoms with van der Waals surface area (Å²) in [4.78, 5) is 0. The molecule has 0 atom stereocenters. The lowest BCUT2D eigenvalue weighted by Crippen LogP contribution is -2.07. The number of nitrogens with zero attached hydrogens (tertiary/aromatic N) is 3. The number of hydrogen-bond acceptors (Lipinski definition) is 3. The molecule has 7 heteroatoms. The van der Waals surface area contributed by atoms with Gasteiger partial charge >= 0.3 is 6.18 Å². The topological polar surface area (TPSA) is 50.8 Å². The van der Waals surface area contributed by atoms with Crippen LogP contribution in [0, 0.1) is 18.3 Å². The van der Waals surface area contributed by atoms with Gasteiger partial charge in [-0.2, -0.15) is 23.5 Å².